The van der Waals surface area contributed by atoms with E-state index in [1.54, 1.807) is 43.3 Å². The molecule has 1 aliphatic rings. The molecule has 10 heteroatoms. The standard InChI is InChI=1S/C32H38BrN3O5S/c1-3-41-29-17-15-28(16-18-29)36(42(39,40)30-19-13-26(33)14-20-30)23-31(37)35(22-21-25-9-5-4-6-10-25)24(2)32(38)34-27-11-7-8-12-27/h4-6,9-10,13-20,24,27H,3,7-8,11-12,21-23H2,1-2H3,(H,34,38)/t24-/m0/s1. The summed E-state index contributed by atoms with van der Waals surface area (Å²) in [6.07, 6.45) is 4.51. The normalized spacial score (nSPS) is 14.3. The van der Waals surface area contributed by atoms with Crippen LogP contribution in [0.25, 0.3) is 0 Å². The van der Waals surface area contributed by atoms with Crippen LogP contribution in [-0.4, -0.2) is 56.9 Å². The minimum atomic E-state index is -4.13. The highest BCUT2D eigenvalue weighted by molar-refractivity contribution is 9.10. The van der Waals surface area contributed by atoms with Gasteiger partial charge in [0, 0.05) is 17.1 Å². The Morgan fingerprint density at radius 2 is 1.62 bits per heavy atom. The first-order valence-electron chi connectivity index (χ1n) is 14.3. The molecule has 8 nitrogen and oxygen atoms in total. The maximum absolute atomic E-state index is 14.0. The summed E-state index contributed by atoms with van der Waals surface area (Å²) < 4.78 is 35.3. The van der Waals surface area contributed by atoms with Gasteiger partial charge in [-0.25, -0.2) is 8.42 Å². The number of sulfonamides is 1. The molecule has 0 bridgehead atoms. The van der Waals surface area contributed by atoms with E-state index in [4.69, 9.17) is 4.74 Å². The Labute approximate surface area is 257 Å². The molecule has 0 spiro atoms. The van der Waals surface area contributed by atoms with Crippen molar-refractivity contribution in [2.45, 2.75) is 62.9 Å². The zero-order valence-electron chi connectivity index (χ0n) is 24.0. The quantitative estimate of drug-likeness (QED) is 0.260. The molecule has 1 fully saturated rings. The van der Waals surface area contributed by atoms with Gasteiger partial charge < -0.3 is 15.0 Å². The average Bonchev–Trinajstić information content (AvgIpc) is 3.50. The second kappa shape index (κ2) is 14.7. The Hall–Kier alpha value is -3.37. The third-order valence-electron chi connectivity index (χ3n) is 7.47. The second-order valence-electron chi connectivity index (χ2n) is 10.4. The highest BCUT2D eigenvalue weighted by Gasteiger charge is 2.33. The van der Waals surface area contributed by atoms with E-state index < -0.39 is 28.5 Å². The van der Waals surface area contributed by atoms with Crippen molar-refractivity contribution in [3.05, 3.63) is 88.9 Å². The van der Waals surface area contributed by atoms with Crippen LogP contribution in [0.2, 0.25) is 0 Å². The summed E-state index contributed by atoms with van der Waals surface area (Å²) in [6, 6.07) is 21.9. The summed E-state index contributed by atoms with van der Waals surface area (Å²) in [6.45, 7) is 3.83. The van der Waals surface area contributed by atoms with Crippen LogP contribution in [0.15, 0.2) is 88.2 Å². The lowest BCUT2D eigenvalue weighted by atomic mass is 10.1. The van der Waals surface area contributed by atoms with Crippen molar-refractivity contribution in [1.82, 2.24) is 10.2 Å². The third-order valence-corrected chi connectivity index (χ3v) is 9.79. The fourth-order valence-corrected chi connectivity index (χ4v) is 6.78. The van der Waals surface area contributed by atoms with Crippen molar-refractivity contribution >= 4 is 43.5 Å². The molecule has 224 valence electrons. The van der Waals surface area contributed by atoms with Crippen molar-refractivity contribution in [2.24, 2.45) is 0 Å². The average molecular weight is 657 g/mol. The number of anilines is 1. The molecule has 42 heavy (non-hydrogen) atoms. The smallest absolute Gasteiger partial charge is 0.264 e. The number of hydrogen-bond acceptors (Lipinski definition) is 5. The number of halogens is 1. The molecule has 0 radical (unpaired) electrons. The number of rotatable bonds is 13. The molecule has 1 N–H and O–H groups in total. The van der Waals surface area contributed by atoms with Gasteiger partial charge in [0.25, 0.3) is 10.0 Å². The monoisotopic (exact) mass is 655 g/mol. The summed E-state index contributed by atoms with van der Waals surface area (Å²) in [7, 11) is -4.13. The Kier molecular flexibility index (Phi) is 11.0. The third kappa shape index (κ3) is 8.13. The van der Waals surface area contributed by atoms with Gasteiger partial charge in [-0.15, -0.1) is 0 Å². The second-order valence-corrected chi connectivity index (χ2v) is 13.2. The van der Waals surface area contributed by atoms with Crippen LogP contribution in [0.1, 0.15) is 45.1 Å². The molecule has 1 atom stereocenters. The summed E-state index contributed by atoms with van der Waals surface area (Å²) in [4.78, 5) is 28.9. The SMILES string of the molecule is CCOc1ccc(N(CC(=O)N(CCc2ccccc2)[C@@H](C)C(=O)NC2CCCC2)S(=O)(=O)c2ccc(Br)cc2)cc1. The van der Waals surface area contributed by atoms with Crippen LogP contribution in [0.3, 0.4) is 0 Å². The summed E-state index contributed by atoms with van der Waals surface area (Å²) in [5.74, 6) is -0.100. The number of amides is 2. The van der Waals surface area contributed by atoms with E-state index in [0.29, 0.717) is 24.5 Å². The van der Waals surface area contributed by atoms with E-state index in [0.717, 1.165) is 40.0 Å². The first kappa shape index (κ1) is 31.6. The molecule has 0 saturated heterocycles. The number of benzene rings is 3. The van der Waals surface area contributed by atoms with E-state index in [9.17, 15) is 18.0 Å². The van der Waals surface area contributed by atoms with Crippen molar-refractivity contribution < 1.29 is 22.7 Å². The van der Waals surface area contributed by atoms with E-state index in [1.165, 1.54) is 17.0 Å². The number of carbonyl (C=O) groups is 2. The Balaban J connectivity index is 1.64. The minimum absolute atomic E-state index is 0.0512. The number of nitrogens with zero attached hydrogens (tertiary/aromatic N) is 2. The molecule has 3 aromatic rings. The van der Waals surface area contributed by atoms with Gasteiger partial charge in [0.05, 0.1) is 17.2 Å². The van der Waals surface area contributed by atoms with Gasteiger partial charge in [-0.1, -0.05) is 59.1 Å². The first-order chi connectivity index (χ1) is 20.2. The van der Waals surface area contributed by atoms with Crippen molar-refractivity contribution in [3.63, 3.8) is 0 Å². The molecule has 3 aromatic carbocycles. The largest absolute Gasteiger partial charge is 0.494 e. The zero-order valence-corrected chi connectivity index (χ0v) is 26.4. The maximum atomic E-state index is 14.0. The van der Waals surface area contributed by atoms with Gasteiger partial charge >= 0.3 is 0 Å². The summed E-state index contributed by atoms with van der Waals surface area (Å²) in [5, 5.41) is 3.09. The molecule has 0 aliphatic heterocycles. The Bertz CT molecular complexity index is 1430. The zero-order chi connectivity index (χ0) is 30.1. The van der Waals surface area contributed by atoms with E-state index in [2.05, 4.69) is 21.2 Å². The summed E-state index contributed by atoms with van der Waals surface area (Å²) >= 11 is 3.35. The molecule has 1 saturated carbocycles. The predicted molar refractivity (Wildman–Crippen MR) is 168 cm³/mol. The van der Waals surface area contributed by atoms with Gasteiger partial charge in [0.1, 0.15) is 18.3 Å². The summed E-state index contributed by atoms with van der Waals surface area (Å²) in [5.41, 5.74) is 1.34. The van der Waals surface area contributed by atoms with Crippen molar-refractivity contribution in [1.29, 1.82) is 0 Å². The Morgan fingerprint density at radius 3 is 2.24 bits per heavy atom. The highest BCUT2D eigenvalue weighted by atomic mass is 79.9. The van der Waals surface area contributed by atoms with Gasteiger partial charge in [0.2, 0.25) is 11.8 Å². The van der Waals surface area contributed by atoms with E-state index in [-0.39, 0.29) is 23.4 Å². The van der Waals surface area contributed by atoms with E-state index in [1.807, 2.05) is 37.3 Å². The molecule has 2 amide bonds. The molecule has 0 heterocycles. The topological polar surface area (TPSA) is 96.0 Å². The van der Waals surface area contributed by atoms with Crippen molar-refractivity contribution in [2.75, 3.05) is 24.0 Å². The molecule has 0 unspecified atom stereocenters. The minimum Gasteiger partial charge on any atom is -0.494 e. The lowest BCUT2D eigenvalue weighted by Gasteiger charge is -2.32. The molecule has 0 aromatic heterocycles. The van der Waals surface area contributed by atoms with E-state index >= 15 is 0 Å². The predicted octanol–water partition coefficient (Wildman–Crippen LogP) is 5.56. The van der Waals surface area contributed by atoms with Gasteiger partial charge in [0.15, 0.2) is 0 Å². The Morgan fingerprint density at radius 1 is 0.976 bits per heavy atom. The van der Waals surface area contributed by atoms with Gasteiger partial charge in [-0.05, 0) is 87.2 Å². The van der Waals surface area contributed by atoms with Crippen LogP contribution in [0.4, 0.5) is 5.69 Å². The van der Waals surface area contributed by atoms with Crippen LogP contribution >= 0.6 is 15.9 Å². The maximum Gasteiger partial charge on any atom is 0.264 e. The number of ether oxygens (including phenoxy) is 1. The molecule has 1 aliphatic carbocycles. The fraction of sp³-hybridized carbons (Fsp3) is 0.375. The number of hydrogen-bond donors (Lipinski definition) is 1. The molecule has 4 rings (SSSR count). The van der Waals surface area contributed by atoms with Crippen molar-refractivity contribution in [3.8, 4) is 5.75 Å². The van der Waals surface area contributed by atoms with Crippen LogP contribution < -0.4 is 14.4 Å². The molecular formula is C32H38BrN3O5S. The lowest BCUT2D eigenvalue weighted by Crippen LogP contribution is -2.53. The van der Waals surface area contributed by atoms with Crippen LogP contribution in [-0.2, 0) is 26.0 Å². The molecular weight excluding hydrogens is 618 g/mol. The fourth-order valence-electron chi connectivity index (χ4n) is 5.10. The van der Waals surface area contributed by atoms with Gasteiger partial charge in [-0.2, -0.15) is 0 Å². The highest BCUT2D eigenvalue weighted by Crippen LogP contribution is 2.27. The lowest BCUT2D eigenvalue weighted by molar-refractivity contribution is -0.139. The van der Waals surface area contributed by atoms with Crippen LogP contribution in [0, 0.1) is 0 Å². The number of nitrogens with one attached hydrogen (secondary N) is 1. The number of carbonyl (C=O) groups excluding carboxylic acids is 2. The van der Waals surface area contributed by atoms with Gasteiger partial charge in [-0.3, -0.25) is 13.9 Å². The van der Waals surface area contributed by atoms with Crippen LogP contribution in [0.5, 0.6) is 5.75 Å². The first-order valence-corrected chi connectivity index (χ1v) is 16.6.